The Hall–Kier alpha value is -3.60. The van der Waals surface area contributed by atoms with Crippen molar-refractivity contribution in [2.75, 3.05) is 5.32 Å². The van der Waals surface area contributed by atoms with Crippen LogP contribution in [0.1, 0.15) is 31.7 Å². The fourth-order valence-corrected chi connectivity index (χ4v) is 3.66. The lowest BCUT2D eigenvalue weighted by Crippen LogP contribution is -2.35. The Kier molecular flexibility index (Phi) is 6.32. The third kappa shape index (κ3) is 4.94. The van der Waals surface area contributed by atoms with Crippen molar-refractivity contribution in [1.82, 2.24) is 14.9 Å². The highest BCUT2D eigenvalue weighted by Gasteiger charge is 2.12. The second kappa shape index (κ2) is 9.47. The van der Waals surface area contributed by atoms with E-state index < -0.39 is 0 Å². The highest BCUT2D eigenvalue weighted by Crippen LogP contribution is 2.23. The number of hydrogen-bond donors (Lipinski definition) is 2. The van der Waals surface area contributed by atoms with Crippen LogP contribution in [-0.2, 0) is 12.8 Å². The third-order valence-electron chi connectivity index (χ3n) is 5.46. The molecule has 0 spiro atoms. The number of nitrogens with zero attached hydrogens (tertiary/aromatic N) is 2. The minimum atomic E-state index is -0.169. The molecule has 4 aromatic rings. The molecule has 5 heteroatoms. The standard InChI is InChI=1S/C26H28N4O/c1-3-19(2)27-26(31)28-21-11-9-10-20(18-21)16-17-25-29-23-14-7-8-15-24(23)30(25)22-12-5-4-6-13-22/h4-15,18-19H,3,16-17H2,1-2H3,(H2,27,28,31)/t19-/m0/s1. The van der Waals surface area contributed by atoms with E-state index in [2.05, 4.69) is 45.5 Å². The molecular formula is C26H28N4O. The molecule has 1 aromatic heterocycles. The van der Waals surface area contributed by atoms with Gasteiger partial charge in [0.25, 0.3) is 0 Å². The van der Waals surface area contributed by atoms with Crippen LogP contribution in [0.15, 0.2) is 78.9 Å². The van der Waals surface area contributed by atoms with Gasteiger partial charge in [-0.3, -0.25) is 4.57 Å². The molecule has 0 saturated carbocycles. The number of aryl methyl sites for hydroxylation is 2. The van der Waals surface area contributed by atoms with E-state index in [1.165, 1.54) is 0 Å². The first kappa shape index (κ1) is 20.7. The van der Waals surface area contributed by atoms with Gasteiger partial charge < -0.3 is 10.6 Å². The van der Waals surface area contributed by atoms with Crippen molar-refractivity contribution in [3.63, 3.8) is 0 Å². The molecule has 0 aliphatic carbocycles. The van der Waals surface area contributed by atoms with Gasteiger partial charge in [0.1, 0.15) is 5.82 Å². The number of benzene rings is 3. The summed E-state index contributed by atoms with van der Waals surface area (Å²) in [6.45, 7) is 4.04. The van der Waals surface area contributed by atoms with Crippen LogP contribution in [0.3, 0.4) is 0 Å². The second-order valence-corrected chi connectivity index (χ2v) is 7.80. The van der Waals surface area contributed by atoms with E-state index in [-0.39, 0.29) is 12.1 Å². The number of carbonyl (C=O) groups excluding carboxylic acids is 1. The molecule has 0 radical (unpaired) electrons. The summed E-state index contributed by atoms with van der Waals surface area (Å²) in [5.74, 6) is 1.03. The summed E-state index contributed by atoms with van der Waals surface area (Å²) < 4.78 is 2.23. The summed E-state index contributed by atoms with van der Waals surface area (Å²) in [5, 5.41) is 5.87. The molecule has 1 heterocycles. The number of amides is 2. The van der Waals surface area contributed by atoms with Crippen molar-refractivity contribution in [1.29, 1.82) is 0 Å². The summed E-state index contributed by atoms with van der Waals surface area (Å²) in [7, 11) is 0. The average molecular weight is 413 g/mol. The molecular weight excluding hydrogens is 384 g/mol. The normalized spacial score (nSPS) is 11.9. The Morgan fingerprint density at radius 1 is 0.968 bits per heavy atom. The van der Waals surface area contributed by atoms with Gasteiger partial charge in [0.2, 0.25) is 0 Å². The zero-order chi connectivity index (χ0) is 21.6. The zero-order valence-electron chi connectivity index (χ0n) is 18.0. The van der Waals surface area contributed by atoms with Crippen molar-refractivity contribution in [3.05, 3.63) is 90.3 Å². The van der Waals surface area contributed by atoms with Crippen molar-refractivity contribution < 1.29 is 4.79 Å². The Labute approximate surface area is 183 Å². The fourth-order valence-electron chi connectivity index (χ4n) is 3.66. The van der Waals surface area contributed by atoms with Gasteiger partial charge in [-0.15, -0.1) is 0 Å². The van der Waals surface area contributed by atoms with Crippen molar-refractivity contribution in [2.45, 2.75) is 39.2 Å². The molecule has 0 aliphatic heterocycles. The lowest BCUT2D eigenvalue weighted by molar-refractivity contribution is 0.249. The first-order valence-corrected chi connectivity index (χ1v) is 10.8. The quantitative estimate of drug-likeness (QED) is 0.407. The summed E-state index contributed by atoms with van der Waals surface area (Å²) in [5.41, 5.74) is 5.19. The number of para-hydroxylation sites is 3. The van der Waals surface area contributed by atoms with Crippen LogP contribution in [-0.4, -0.2) is 21.6 Å². The monoisotopic (exact) mass is 412 g/mol. The number of nitrogens with one attached hydrogen (secondary N) is 2. The predicted molar refractivity (Wildman–Crippen MR) is 127 cm³/mol. The largest absolute Gasteiger partial charge is 0.335 e. The van der Waals surface area contributed by atoms with Crippen LogP contribution >= 0.6 is 0 Å². The fraction of sp³-hybridized carbons (Fsp3) is 0.231. The average Bonchev–Trinajstić information content (AvgIpc) is 3.16. The number of imidazole rings is 1. The summed E-state index contributed by atoms with van der Waals surface area (Å²) in [6.07, 6.45) is 2.53. The zero-order valence-corrected chi connectivity index (χ0v) is 18.0. The Balaban J connectivity index is 1.53. The number of aromatic nitrogens is 2. The topological polar surface area (TPSA) is 59.0 Å². The molecule has 3 aromatic carbocycles. The summed E-state index contributed by atoms with van der Waals surface area (Å²) >= 11 is 0. The molecule has 0 aliphatic rings. The first-order valence-electron chi connectivity index (χ1n) is 10.8. The van der Waals surface area contributed by atoms with Crippen LogP contribution in [0.25, 0.3) is 16.7 Å². The van der Waals surface area contributed by atoms with E-state index in [0.29, 0.717) is 0 Å². The smallest absolute Gasteiger partial charge is 0.319 e. The van der Waals surface area contributed by atoms with Gasteiger partial charge in [-0.25, -0.2) is 9.78 Å². The highest BCUT2D eigenvalue weighted by molar-refractivity contribution is 5.89. The maximum absolute atomic E-state index is 12.1. The van der Waals surface area contributed by atoms with E-state index in [1.807, 2.05) is 62.4 Å². The van der Waals surface area contributed by atoms with E-state index in [9.17, 15) is 4.79 Å². The number of urea groups is 1. The lowest BCUT2D eigenvalue weighted by Gasteiger charge is -2.13. The predicted octanol–water partition coefficient (Wildman–Crippen LogP) is 5.73. The highest BCUT2D eigenvalue weighted by atomic mass is 16.2. The van der Waals surface area contributed by atoms with Crippen LogP contribution in [0.5, 0.6) is 0 Å². The minimum Gasteiger partial charge on any atom is -0.335 e. The lowest BCUT2D eigenvalue weighted by atomic mass is 10.1. The summed E-state index contributed by atoms with van der Waals surface area (Å²) in [4.78, 5) is 17.0. The minimum absolute atomic E-state index is 0.147. The molecule has 158 valence electrons. The third-order valence-corrected chi connectivity index (χ3v) is 5.46. The van der Waals surface area contributed by atoms with Gasteiger partial charge in [0.15, 0.2) is 0 Å². The number of rotatable bonds is 7. The van der Waals surface area contributed by atoms with Crippen molar-refractivity contribution >= 4 is 22.8 Å². The molecule has 4 rings (SSSR count). The molecule has 0 saturated heterocycles. The van der Waals surface area contributed by atoms with Crippen molar-refractivity contribution in [3.8, 4) is 5.69 Å². The molecule has 2 N–H and O–H groups in total. The number of fused-ring (bicyclic) bond motifs is 1. The molecule has 5 nitrogen and oxygen atoms in total. The van der Waals surface area contributed by atoms with Gasteiger partial charge in [0.05, 0.1) is 11.0 Å². The van der Waals surface area contributed by atoms with Crippen LogP contribution < -0.4 is 10.6 Å². The number of hydrogen-bond acceptors (Lipinski definition) is 2. The van der Waals surface area contributed by atoms with E-state index in [4.69, 9.17) is 4.98 Å². The van der Waals surface area contributed by atoms with E-state index >= 15 is 0 Å². The van der Waals surface area contributed by atoms with Crippen LogP contribution in [0.4, 0.5) is 10.5 Å². The van der Waals surface area contributed by atoms with Gasteiger partial charge in [-0.1, -0.05) is 49.4 Å². The SMILES string of the molecule is CC[C@H](C)NC(=O)Nc1cccc(CCc2nc3ccccc3n2-c2ccccc2)c1. The van der Waals surface area contributed by atoms with Gasteiger partial charge >= 0.3 is 6.03 Å². The molecule has 2 amide bonds. The molecule has 1 atom stereocenters. The Morgan fingerprint density at radius 3 is 2.55 bits per heavy atom. The van der Waals surface area contributed by atoms with Gasteiger partial charge in [0, 0.05) is 23.8 Å². The van der Waals surface area contributed by atoms with E-state index in [0.717, 1.165) is 53.1 Å². The van der Waals surface area contributed by atoms with Gasteiger partial charge in [-0.05, 0) is 61.7 Å². The van der Waals surface area contributed by atoms with Crippen molar-refractivity contribution in [2.24, 2.45) is 0 Å². The molecule has 31 heavy (non-hydrogen) atoms. The number of anilines is 1. The Morgan fingerprint density at radius 2 is 1.74 bits per heavy atom. The molecule has 0 unspecified atom stereocenters. The number of carbonyl (C=O) groups is 1. The maximum atomic E-state index is 12.1. The van der Waals surface area contributed by atoms with Gasteiger partial charge in [-0.2, -0.15) is 0 Å². The molecule has 0 bridgehead atoms. The maximum Gasteiger partial charge on any atom is 0.319 e. The van der Waals surface area contributed by atoms with Crippen LogP contribution in [0.2, 0.25) is 0 Å². The second-order valence-electron chi connectivity index (χ2n) is 7.80. The molecule has 0 fully saturated rings. The van der Waals surface area contributed by atoms with Crippen LogP contribution in [0, 0.1) is 0 Å². The van der Waals surface area contributed by atoms with E-state index in [1.54, 1.807) is 0 Å². The summed E-state index contributed by atoms with van der Waals surface area (Å²) in [6, 6.07) is 26.6. The first-order chi connectivity index (χ1) is 15.1. The Bertz CT molecular complexity index is 1170.